The Kier molecular flexibility index (Phi) is 3.26. The van der Waals surface area contributed by atoms with Crippen LogP contribution in [0.4, 0.5) is 4.39 Å². The second kappa shape index (κ2) is 3.85. The summed E-state index contributed by atoms with van der Waals surface area (Å²) in [5.74, 6) is -0.634. The lowest BCUT2D eigenvalue weighted by molar-refractivity contribution is 0.593. The molecule has 0 unspecified atom stereocenters. The zero-order valence-corrected chi connectivity index (χ0v) is 9.08. The molecule has 1 heterocycles. The lowest BCUT2D eigenvalue weighted by Crippen LogP contribution is -1.99. The molecule has 0 fully saturated rings. The van der Waals surface area contributed by atoms with Crippen molar-refractivity contribution in [1.82, 2.24) is 9.97 Å². The molecule has 1 aromatic heterocycles. The van der Waals surface area contributed by atoms with Gasteiger partial charge >= 0.3 is 0 Å². The fourth-order valence-electron chi connectivity index (χ4n) is 0.673. The van der Waals surface area contributed by atoms with Crippen molar-refractivity contribution in [3.05, 3.63) is 21.9 Å². The van der Waals surface area contributed by atoms with Gasteiger partial charge in [-0.1, -0.05) is 27.5 Å². The predicted molar refractivity (Wildman–Crippen MR) is 49.4 cm³/mol. The first kappa shape index (κ1) is 10.2. The number of hydrogen-bond acceptors (Lipinski definition) is 2. The standard InChI is InChI=1S/C6H4BrCl2FN2/c1-2(7)4-3(10)5(8)12-6(9)11-4/h2H,1H3/t2-/m0/s1. The summed E-state index contributed by atoms with van der Waals surface area (Å²) in [6.45, 7) is 1.72. The monoisotopic (exact) mass is 272 g/mol. The van der Waals surface area contributed by atoms with Crippen LogP contribution < -0.4 is 0 Å². The molecule has 0 N–H and O–H groups in total. The van der Waals surface area contributed by atoms with Gasteiger partial charge in [-0.15, -0.1) is 0 Å². The van der Waals surface area contributed by atoms with Crippen LogP contribution in [0.3, 0.4) is 0 Å². The Balaban J connectivity index is 3.28. The Hall–Kier alpha value is 0.0700. The summed E-state index contributed by atoms with van der Waals surface area (Å²) in [5, 5.41) is -0.306. The van der Waals surface area contributed by atoms with Crippen LogP contribution in [0.25, 0.3) is 0 Å². The normalized spacial score (nSPS) is 13.1. The maximum atomic E-state index is 13.1. The van der Waals surface area contributed by atoms with Crippen molar-refractivity contribution in [2.24, 2.45) is 0 Å². The Morgan fingerprint density at radius 3 is 2.50 bits per heavy atom. The SMILES string of the molecule is C[C@H](Br)c1nc(Cl)nc(Cl)c1F. The molecule has 0 saturated heterocycles. The fourth-order valence-corrected chi connectivity index (χ4v) is 1.37. The Morgan fingerprint density at radius 1 is 1.42 bits per heavy atom. The molecule has 0 aliphatic rings. The van der Waals surface area contributed by atoms with Crippen LogP contribution in [-0.2, 0) is 0 Å². The van der Waals surface area contributed by atoms with Gasteiger partial charge in [-0.05, 0) is 18.5 Å². The van der Waals surface area contributed by atoms with Crippen LogP contribution in [0, 0.1) is 5.82 Å². The van der Waals surface area contributed by atoms with Gasteiger partial charge in [0, 0.05) is 0 Å². The van der Waals surface area contributed by atoms with Gasteiger partial charge in [-0.2, -0.15) is 0 Å². The van der Waals surface area contributed by atoms with Gasteiger partial charge in [0.15, 0.2) is 11.0 Å². The molecule has 12 heavy (non-hydrogen) atoms. The van der Waals surface area contributed by atoms with Crippen LogP contribution >= 0.6 is 39.1 Å². The number of nitrogens with zero attached hydrogens (tertiary/aromatic N) is 2. The van der Waals surface area contributed by atoms with Gasteiger partial charge in [0.05, 0.1) is 10.5 Å². The van der Waals surface area contributed by atoms with Crippen LogP contribution in [0.2, 0.25) is 10.4 Å². The highest BCUT2D eigenvalue weighted by Crippen LogP contribution is 2.26. The molecule has 0 aromatic carbocycles. The van der Waals surface area contributed by atoms with E-state index < -0.39 is 5.82 Å². The number of aromatic nitrogens is 2. The van der Waals surface area contributed by atoms with E-state index in [1.807, 2.05) is 0 Å². The van der Waals surface area contributed by atoms with Crippen LogP contribution in [0.15, 0.2) is 0 Å². The summed E-state index contributed by atoms with van der Waals surface area (Å²) in [6.07, 6.45) is 0. The quantitative estimate of drug-likeness (QED) is 0.445. The van der Waals surface area contributed by atoms with Crippen molar-refractivity contribution >= 4 is 39.1 Å². The number of halogens is 4. The van der Waals surface area contributed by atoms with Crippen LogP contribution in [-0.4, -0.2) is 9.97 Å². The molecule has 0 amide bonds. The third kappa shape index (κ3) is 2.06. The van der Waals surface area contributed by atoms with Crippen molar-refractivity contribution in [2.75, 3.05) is 0 Å². The van der Waals surface area contributed by atoms with Crippen molar-refractivity contribution in [1.29, 1.82) is 0 Å². The molecule has 6 heteroatoms. The Bertz CT molecular complexity index is 306. The first-order valence-corrected chi connectivity index (χ1v) is 4.72. The topological polar surface area (TPSA) is 25.8 Å². The molecule has 0 aliphatic carbocycles. The molecule has 0 spiro atoms. The summed E-state index contributed by atoms with van der Waals surface area (Å²) in [7, 11) is 0. The van der Waals surface area contributed by atoms with E-state index in [9.17, 15) is 4.39 Å². The highest BCUT2D eigenvalue weighted by molar-refractivity contribution is 9.09. The van der Waals surface area contributed by atoms with Crippen LogP contribution in [0.5, 0.6) is 0 Å². The second-order valence-electron chi connectivity index (χ2n) is 2.10. The maximum Gasteiger partial charge on any atom is 0.224 e. The highest BCUT2D eigenvalue weighted by Gasteiger charge is 2.15. The summed E-state index contributed by atoms with van der Waals surface area (Å²) >= 11 is 14.1. The summed E-state index contributed by atoms with van der Waals surface area (Å²) in [6, 6.07) is 0. The van der Waals surface area contributed by atoms with E-state index in [1.54, 1.807) is 6.92 Å². The van der Waals surface area contributed by atoms with Gasteiger partial charge in [-0.25, -0.2) is 14.4 Å². The molecule has 0 bridgehead atoms. The maximum absolute atomic E-state index is 13.1. The molecule has 66 valence electrons. The van der Waals surface area contributed by atoms with Gasteiger partial charge in [0.2, 0.25) is 5.28 Å². The summed E-state index contributed by atoms with van der Waals surface area (Å²) in [5.41, 5.74) is 0.167. The Morgan fingerprint density at radius 2 is 2.00 bits per heavy atom. The van der Waals surface area contributed by atoms with Gasteiger partial charge in [0.25, 0.3) is 0 Å². The number of hydrogen-bond donors (Lipinski definition) is 0. The van der Waals surface area contributed by atoms with E-state index in [-0.39, 0.29) is 21.0 Å². The molecule has 1 rings (SSSR count). The molecule has 0 aliphatic heterocycles. The largest absolute Gasteiger partial charge is 0.224 e. The smallest absolute Gasteiger partial charge is 0.219 e. The summed E-state index contributed by atoms with van der Waals surface area (Å²) in [4.78, 5) is 6.88. The zero-order valence-electron chi connectivity index (χ0n) is 5.98. The van der Waals surface area contributed by atoms with Gasteiger partial charge < -0.3 is 0 Å². The molecule has 1 atom stereocenters. The molecule has 0 saturated carbocycles. The average molecular weight is 274 g/mol. The van der Waals surface area contributed by atoms with E-state index in [0.29, 0.717) is 0 Å². The third-order valence-electron chi connectivity index (χ3n) is 1.19. The van der Waals surface area contributed by atoms with E-state index in [0.717, 1.165) is 0 Å². The number of rotatable bonds is 1. The first-order chi connectivity index (χ1) is 5.52. The molecule has 2 nitrogen and oxygen atoms in total. The predicted octanol–water partition coefficient (Wildman–Crippen LogP) is 3.38. The number of alkyl halides is 1. The molecular weight excluding hydrogens is 270 g/mol. The lowest BCUT2D eigenvalue weighted by Gasteiger charge is -2.04. The lowest BCUT2D eigenvalue weighted by atomic mass is 10.3. The van der Waals surface area contributed by atoms with E-state index in [2.05, 4.69) is 25.9 Å². The minimum absolute atomic E-state index is 0.0531. The molecular formula is C6H4BrCl2FN2. The zero-order chi connectivity index (χ0) is 9.30. The van der Waals surface area contributed by atoms with Crippen LogP contribution in [0.1, 0.15) is 17.4 Å². The molecule has 0 radical (unpaired) electrons. The average Bonchev–Trinajstić information content (AvgIpc) is 1.96. The highest BCUT2D eigenvalue weighted by atomic mass is 79.9. The van der Waals surface area contributed by atoms with Crippen molar-refractivity contribution in [2.45, 2.75) is 11.8 Å². The third-order valence-corrected chi connectivity index (χ3v) is 2.04. The van der Waals surface area contributed by atoms with Crippen molar-refractivity contribution < 1.29 is 4.39 Å². The Labute approximate surface area is 87.2 Å². The minimum atomic E-state index is -0.634. The van der Waals surface area contributed by atoms with E-state index in [4.69, 9.17) is 23.2 Å². The summed E-state index contributed by atoms with van der Waals surface area (Å²) < 4.78 is 13.1. The molecule has 1 aromatic rings. The van der Waals surface area contributed by atoms with E-state index in [1.165, 1.54) is 0 Å². The fraction of sp³-hybridized carbons (Fsp3) is 0.333. The van der Waals surface area contributed by atoms with Crippen molar-refractivity contribution in [3.8, 4) is 0 Å². The minimum Gasteiger partial charge on any atom is -0.219 e. The van der Waals surface area contributed by atoms with Crippen molar-refractivity contribution in [3.63, 3.8) is 0 Å². The van der Waals surface area contributed by atoms with E-state index >= 15 is 0 Å². The van der Waals surface area contributed by atoms with Gasteiger partial charge in [-0.3, -0.25) is 0 Å². The van der Waals surface area contributed by atoms with Gasteiger partial charge in [0.1, 0.15) is 0 Å². The second-order valence-corrected chi connectivity index (χ2v) is 4.17. The first-order valence-electron chi connectivity index (χ1n) is 3.05.